The smallest absolute Gasteiger partial charge is 0.252 e. The van der Waals surface area contributed by atoms with Crippen LogP contribution in [0.1, 0.15) is 23.2 Å². The van der Waals surface area contributed by atoms with Crippen LogP contribution in [0.25, 0.3) is 0 Å². The molecule has 0 aromatic heterocycles. The van der Waals surface area contributed by atoms with Crippen LogP contribution in [0.5, 0.6) is 0 Å². The van der Waals surface area contributed by atoms with E-state index in [-0.39, 0.29) is 17.7 Å². The number of halogens is 1. The first kappa shape index (κ1) is 13.3. The normalized spacial score (nSPS) is 14.1. The topological polar surface area (TPSA) is 58.2 Å². The Balaban J connectivity index is 1.71. The molecule has 1 aromatic rings. The van der Waals surface area contributed by atoms with Gasteiger partial charge in [-0.15, -0.1) is 0 Å². The maximum Gasteiger partial charge on any atom is 0.252 e. The highest BCUT2D eigenvalue weighted by Gasteiger charge is 2.28. The van der Waals surface area contributed by atoms with Gasteiger partial charge in [0, 0.05) is 22.6 Å². The molecule has 0 heterocycles. The summed E-state index contributed by atoms with van der Waals surface area (Å²) in [4.78, 5) is 23.2. The molecular formula is C13H15IN2O2. The summed E-state index contributed by atoms with van der Waals surface area (Å²) < 4.78 is 0.926. The molecule has 4 nitrogen and oxygen atoms in total. The van der Waals surface area contributed by atoms with Crippen molar-refractivity contribution in [2.45, 2.75) is 12.8 Å². The number of carbonyl (C=O) groups excluding carboxylic acids is 2. The molecule has 0 atom stereocenters. The Morgan fingerprint density at radius 2 is 1.83 bits per heavy atom. The van der Waals surface area contributed by atoms with Gasteiger partial charge in [0.05, 0.1) is 5.56 Å². The minimum atomic E-state index is -0.0966. The first-order valence-corrected chi connectivity index (χ1v) is 7.07. The summed E-state index contributed by atoms with van der Waals surface area (Å²) >= 11 is 2.13. The number of benzene rings is 1. The van der Waals surface area contributed by atoms with E-state index in [1.165, 1.54) is 0 Å². The molecule has 1 aliphatic rings. The fourth-order valence-corrected chi connectivity index (χ4v) is 2.22. The number of hydrogen-bond donors (Lipinski definition) is 2. The van der Waals surface area contributed by atoms with E-state index in [2.05, 4.69) is 33.2 Å². The van der Waals surface area contributed by atoms with Gasteiger partial charge in [-0.05, 0) is 47.6 Å². The zero-order valence-corrected chi connectivity index (χ0v) is 12.1. The molecule has 0 bridgehead atoms. The second-order valence-corrected chi connectivity index (χ2v) is 5.46. The molecule has 0 saturated heterocycles. The van der Waals surface area contributed by atoms with Crippen molar-refractivity contribution >= 4 is 34.4 Å². The zero-order chi connectivity index (χ0) is 13.0. The van der Waals surface area contributed by atoms with Gasteiger partial charge in [0.25, 0.3) is 5.91 Å². The van der Waals surface area contributed by atoms with Gasteiger partial charge in [-0.1, -0.05) is 12.1 Å². The summed E-state index contributed by atoms with van der Waals surface area (Å²) in [6.07, 6.45) is 2.00. The third-order valence-electron chi connectivity index (χ3n) is 2.78. The second-order valence-electron chi connectivity index (χ2n) is 4.30. The Labute approximate surface area is 120 Å². The van der Waals surface area contributed by atoms with Crippen molar-refractivity contribution < 1.29 is 9.59 Å². The Morgan fingerprint density at radius 3 is 2.50 bits per heavy atom. The van der Waals surface area contributed by atoms with Crippen LogP contribution in [-0.2, 0) is 4.79 Å². The summed E-state index contributed by atoms with van der Waals surface area (Å²) in [6.45, 7) is 0.951. The molecule has 96 valence electrons. The van der Waals surface area contributed by atoms with Gasteiger partial charge in [-0.25, -0.2) is 0 Å². The van der Waals surface area contributed by atoms with Crippen molar-refractivity contribution in [2.75, 3.05) is 13.1 Å². The minimum absolute atomic E-state index is 0.0966. The fourth-order valence-electron chi connectivity index (χ4n) is 1.59. The van der Waals surface area contributed by atoms with Gasteiger partial charge in [0.15, 0.2) is 0 Å². The van der Waals surface area contributed by atoms with Crippen LogP contribution in [0.4, 0.5) is 0 Å². The third-order valence-corrected chi connectivity index (χ3v) is 3.72. The van der Waals surface area contributed by atoms with Crippen LogP contribution in [0.3, 0.4) is 0 Å². The monoisotopic (exact) mass is 358 g/mol. The second kappa shape index (κ2) is 6.17. The number of amides is 2. The molecule has 2 amide bonds. The van der Waals surface area contributed by atoms with Crippen LogP contribution < -0.4 is 10.6 Å². The van der Waals surface area contributed by atoms with Gasteiger partial charge in [-0.2, -0.15) is 0 Å². The lowest BCUT2D eigenvalue weighted by Crippen LogP contribution is -2.35. The SMILES string of the molecule is O=C(NCCNC(=O)C1CC1)c1ccccc1I. The molecule has 18 heavy (non-hydrogen) atoms. The van der Waals surface area contributed by atoms with Crippen LogP contribution in [0, 0.1) is 9.49 Å². The van der Waals surface area contributed by atoms with E-state index in [4.69, 9.17) is 0 Å². The van der Waals surface area contributed by atoms with E-state index in [0.29, 0.717) is 18.7 Å². The van der Waals surface area contributed by atoms with Crippen molar-refractivity contribution in [1.82, 2.24) is 10.6 Å². The van der Waals surface area contributed by atoms with Crippen LogP contribution in [0.2, 0.25) is 0 Å². The molecule has 0 aliphatic heterocycles. The van der Waals surface area contributed by atoms with Gasteiger partial charge in [-0.3, -0.25) is 9.59 Å². The van der Waals surface area contributed by atoms with Gasteiger partial charge >= 0.3 is 0 Å². The molecule has 1 aliphatic carbocycles. The van der Waals surface area contributed by atoms with Crippen LogP contribution in [-0.4, -0.2) is 24.9 Å². The van der Waals surface area contributed by atoms with Gasteiger partial charge in [0.2, 0.25) is 5.91 Å². The summed E-state index contributed by atoms with van der Waals surface area (Å²) in [6, 6.07) is 7.42. The Hall–Kier alpha value is -1.11. The highest BCUT2D eigenvalue weighted by Crippen LogP contribution is 2.28. The van der Waals surface area contributed by atoms with Crippen LogP contribution >= 0.6 is 22.6 Å². The molecule has 0 spiro atoms. The summed E-state index contributed by atoms with van der Waals surface area (Å²) in [5.74, 6) is 0.231. The number of nitrogens with one attached hydrogen (secondary N) is 2. The lowest BCUT2D eigenvalue weighted by molar-refractivity contribution is -0.122. The highest BCUT2D eigenvalue weighted by molar-refractivity contribution is 14.1. The van der Waals surface area contributed by atoms with E-state index >= 15 is 0 Å². The van der Waals surface area contributed by atoms with Crippen molar-refractivity contribution in [3.63, 3.8) is 0 Å². The molecule has 1 aromatic carbocycles. The predicted octanol–water partition coefficient (Wildman–Crippen LogP) is 1.55. The lowest BCUT2D eigenvalue weighted by atomic mass is 10.2. The molecule has 2 N–H and O–H groups in total. The van der Waals surface area contributed by atoms with E-state index in [1.807, 2.05) is 18.2 Å². The Morgan fingerprint density at radius 1 is 1.17 bits per heavy atom. The van der Waals surface area contributed by atoms with E-state index in [0.717, 1.165) is 16.4 Å². The molecule has 2 rings (SSSR count). The number of carbonyl (C=O) groups is 2. The summed E-state index contributed by atoms with van der Waals surface area (Å²) in [7, 11) is 0. The van der Waals surface area contributed by atoms with E-state index in [9.17, 15) is 9.59 Å². The summed E-state index contributed by atoms with van der Waals surface area (Å²) in [5.41, 5.74) is 0.673. The molecule has 1 fully saturated rings. The van der Waals surface area contributed by atoms with Crippen molar-refractivity contribution in [3.8, 4) is 0 Å². The Bertz CT molecular complexity index is 458. The zero-order valence-electron chi connectivity index (χ0n) is 9.91. The average molecular weight is 358 g/mol. The van der Waals surface area contributed by atoms with E-state index in [1.54, 1.807) is 6.07 Å². The van der Waals surface area contributed by atoms with Gasteiger partial charge < -0.3 is 10.6 Å². The third kappa shape index (κ3) is 3.69. The van der Waals surface area contributed by atoms with Gasteiger partial charge in [0.1, 0.15) is 0 Å². The molecule has 0 radical (unpaired) electrons. The standard InChI is InChI=1S/C13H15IN2O2/c14-11-4-2-1-3-10(11)13(18)16-8-7-15-12(17)9-5-6-9/h1-4,9H,5-8H2,(H,15,17)(H,16,18). The molecule has 1 saturated carbocycles. The highest BCUT2D eigenvalue weighted by atomic mass is 127. The maximum atomic E-state index is 11.8. The Kier molecular flexibility index (Phi) is 4.57. The molecule has 5 heteroatoms. The average Bonchev–Trinajstić information content (AvgIpc) is 3.19. The predicted molar refractivity (Wildman–Crippen MR) is 77.2 cm³/mol. The lowest BCUT2D eigenvalue weighted by Gasteiger charge is -2.07. The van der Waals surface area contributed by atoms with Crippen molar-refractivity contribution in [1.29, 1.82) is 0 Å². The minimum Gasteiger partial charge on any atom is -0.354 e. The first-order chi connectivity index (χ1) is 8.68. The number of hydrogen-bond acceptors (Lipinski definition) is 2. The molecular weight excluding hydrogens is 343 g/mol. The molecule has 0 unspecified atom stereocenters. The maximum absolute atomic E-state index is 11.8. The largest absolute Gasteiger partial charge is 0.354 e. The van der Waals surface area contributed by atoms with Crippen molar-refractivity contribution in [3.05, 3.63) is 33.4 Å². The fraction of sp³-hybridized carbons (Fsp3) is 0.385. The number of rotatable bonds is 5. The quantitative estimate of drug-likeness (QED) is 0.620. The summed E-state index contributed by atoms with van der Waals surface area (Å²) in [5, 5.41) is 5.61. The first-order valence-electron chi connectivity index (χ1n) is 5.99. The van der Waals surface area contributed by atoms with E-state index < -0.39 is 0 Å². The van der Waals surface area contributed by atoms with Crippen molar-refractivity contribution in [2.24, 2.45) is 5.92 Å². The van der Waals surface area contributed by atoms with Crippen LogP contribution in [0.15, 0.2) is 24.3 Å².